The van der Waals surface area contributed by atoms with E-state index in [1.807, 2.05) is 30.4 Å². The topological polar surface area (TPSA) is 147 Å². The Morgan fingerprint density at radius 1 is 1.24 bits per heavy atom. The summed E-state index contributed by atoms with van der Waals surface area (Å²) in [4.78, 5) is 27.3. The number of allylic oxidation sites excluding steroid dienone is 3. The van der Waals surface area contributed by atoms with E-state index in [1.165, 1.54) is 17.2 Å². The lowest BCUT2D eigenvalue weighted by atomic mass is 10.0. The van der Waals surface area contributed by atoms with Crippen molar-refractivity contribution in [3.05, 3.63) is 72.2 Å². The minimum atomic E-state index is -0.990. The number of nitrogens with zero attached hydrogens (tertiary/aromatic N) is 1. The van der Waals surface area contributed by atoms with Crippen LogP contribution in [0.25, 0.3) is 5.70 Å². The molecule has 1 aromatic rings. The predicted molar refractivity (Wildman–Crippen MR) is 154 cm³/mol. The van der Waals surface area contributed by atoms with Crippen molar-refractivity contribution in [2.75, 3.05) is 18.5 Å². The van der Waals surface area contributed by atoms with Crippen LogP contribution in [0.4, 0.5) is 5.69 Å². The van der Waals surface area contributed by atoms with Crippen LogP contribution in [0.2, 0.25) is 0 Å². The molecule has 1 aliphatic rings. The molecule has 0 spiro atoms. The molecule has 1 aliphatic heterocycles. The molecule has 3 unspecified atom stereocenters. The van der Waals surface area contributed by atoms with Gasteiger partial charge in [0.1, 0.15) is 11.9 Å². The van der Waals surface area contributed by atoms with Crippen LogP contribution in [0, 0.1) is 17.2 Å². The lowest BCUT2D eigenvalue weighted by molar-refractivity contribution is -0.154. The second kappa shape index (κ2) is 15.4. The largest absolute Gasteiger partial charge is 0.403 e. The van der Waals surface area contributed by atoms with Gasteiger partial charge in [-0.1, -0.05) is 64.8 Å². The number of morpholine rings is 1. The van der Waals surface area contributed by atoms with Gasteiger partial charge in [-0.2, -0.15) is 0 Å². The Bertz CT molecular complexity index is 1070. The zero-order chi connectivity index (χ0) is 28.1. The number of nitrogens with two attached hydrogens (primary N) is 2. The minimum Gasteiger partial charge on any atom is -0.403 e. The van der Waals surface area contributed by atoms with Crippen LogP contribution in [0.15, 0.2) is 66.7 Å². The number of amides is 2. The Labute approximate surface area is 226 Å². The fraction of sp³-hybridized carbons (Fsp3) is 0.414. The van der Waals surface area contributed by atoms with E-state index in [9.17, 15) is 9.59 Å². The molecule has 1 heterocycles. The van der Waals surface area contributed by atoms with Gasteiger partial charge in [-0.05, 0) is 42.2 Å². The Hall–Kier alpha value is -3.85. The molecule has 1 aromatic carbocycles. The third kappa shape index (κ3) is 8.92. The number of hydrogen-bond donors (Lipinski definition) is 5. The number of carbonyl (C=O) groups is 2. The monoisotopic (exact) mass is 522 g/mol. The third-order valence-electron chi connectivity index (χ3n) is 6.34. The van der Waals surface area contributed by atoms with Crippen molar-refractivity contribution >= 4 is 29.0 Å². The summed E-state index contributed by atoms with van der Waals surface area (Å²) in [5.74, 6) is -1.12. The molecule has 7 N–H and O–H groups in total. The van der Waals surface area contributed by atoms with Gasteiger partial charge >= 0.3 is 0 Å². The van der Waals surface area contributed by atoms with Crippen molar-refractivity contribution in [3.63, 3.8) is 0 Å². The van der Waals surface area contributed by atoms with E-state index in [4.69, 9.17) is 21.6 Å². The molecular weight excluding hydrogens is 480 g/mol. The number of carbonyl (C=O) groups excluding carboxylic acids is 2. The normalized spacial score (nSPS) is 18.6. The first-order valence-corrected chi connectivity index (χ1v) is 13.1. The van der Waals surface area contributed by atoms with Crippen LogP contribution in [0.1, 0.15) is 52.5 Å². The summed E-state index contributed by atoms with van der Waals surface area (Å²) in [7, 11) is 0. The van der Waals surface area contributed by atoms with Gasteiger partial charge in [-0.25, -0.2) is 0 Å². The number of hydrogen-bond acceptors (Lipinski definition) is 7. The Kier molecular flexibility index (Phi) is 12.3. The molecule has 0 saturated carbocycles. The first-order chi connectivity index (χ1) is 18.2. The van der Waals surface area contributed by atoms with Crippen LogP contribution in [0.3, 0.4) is 0 Å². The van der Waals surface area contributed by atoms with E-state index < -0.39 is 17.9 Å². The second-order valence-electron chi connectivity index (χ2n) is 9.31. The summed E-state index contributed by atoms with van der Waals surface area (Å²) in [5.41, 5.74) is 14.6. The lowest BCUT2D eigenvalue weighted by Crippen LogP contribution is -2.53. The van der Waals surface area contributed by atoms with Gasteiger partial charge in [0.05, 0.1) is 24.8 Å². The van der Waals surface area contributed by atoms with Crippen molar-refractivity contribution in [1.29, 1.82) is 5.41 Å². The molecule has 9 nitrogen and oxygen atoms in total. The van der Waals surface area contributed by atoms with E-state index in [-0.39, 0.29) is 24.9 Å². The highest BCUT2D eigenvalue weighted by molar-refractivity contribution is 6.06. The van der Waals surface area contributed by atoms with Gasteiger partial charge < -0.3 is 26.8 Å². The van der Waals surface area contributed by atoms with Crippen molar-refractivity contribution in [3.8, 4) is 0 Å². The summed E-state index contributed by atoms with van der Waals surface area (Å²) in [5, 5.41) is 14.2. The van der Waals surface area contributed by atoms with E-state index in [0.29, 0.717) is 23.0 Å². The zero-order valence-corrected chi connectivity index (χ0v) is 22.9. The van der Waals surface area contributed by atoms with E-state index >= 15 is 0 Å². The maximum atomic E-state index is 13.1. The van der Waals surface area contributed by atoms with Crippen LogP contribution in [-0.2, 0) is 14.3 Å². The van der Waals surface area contributed by atoms with Gasteiger partial charge in [-0.3, -0.25) is 19.9 Å². The highest BCUT2D eigenvalue weighted by Gasteiger charge is 2.38. The smallest absolute Gasteiger partial charge is 0.258 e. The maximum absolute atomic E-state index is 13.1. The number of nitrogens with one attached hydrogen (secondary N) is 3. The highest BCUT2D eigenvalue weighted by atomic mass is 16.5. The standard InChI is InChI=1S/C29H42N6O3/c1-5-7-8-25(31)22-10-13-23(14-11-22)34-28(36)21(4)27-29(37)35(17-18-38-27)26(32)15-16-33-24(19-30)12-9-20(3)6-2/h8-16,19-21,27,32-33H,5-7,17-18,30-31H2,1-4H3,(H,34,36)/b12-9-,16-15-,24-19+,25-8+,32-26?. The molecule has 1 fully saturated rings. The summed E-state index contributed by atoms with van der Waals surface area (Å²) >= 11 is 0. The minimum absolute atomic E-state index is 0.00464. The predicted octanol–water partition coefficient (Wildman–Crippen LogP) is 4.07. The number of rotatable bonds is 12. The van der Waals surface area contributed by atoms with Crippen LogP contribution in [-0.4, -0.2) is 41.8 Å². The summed E-state index contributed by atoms with van der Waals surface area (Å²) in [6, 6.07) is 7.24. The average molecular weight is 523 g/mol. The van der Waals surface area contributed by atoms with Gasteiger partial charge in [0, 0.05) is 23.8 Å². The number of amidine groups is 1. The molecule has 9 heteroatoms. The lowest BCUT2D eigenvalue weighted by Gasteiger charge is -2.34. The summed E-state index contributed by atoms with van der Waals surface area (Å²) in [6.07, 6.45) is 12.3. The van der Waals surface area contributed by atoms with Crippen LogP contribution < -0.4 is 22.1 Å². The maximum Gasteiger partial charge on any atom is 0.258 e. The Morgan fingerprint density at radius 3 is 2.58 bits per heavy atom. The van der Waals surface area contributed by atoms with E-state index in [2.05, 4.69) is 31.4 Å². The molecule has 206 valence electrons. The molecule has 1 saturated heterocycles. The SMILES string of the molecule is CCC/C=C(/N)c1ccc(NC(=O)C(C)C2OCCN(C(=N)/C=C\NC(/C=C\C(C)CC)=C/N)C2=O)cc1. The van der Waals surface area contributed by atoms with Crippen LogP contribution in [0.5, 0.6) is 0 Å². The number of benzene rings is 1. The van der Waals surface area contributed by atoms with Gasteiger partial charge in [-0.15, -0.1) is 0 Å². The molecule has 0 aromatic heterocycles. The van der Waals surface area contributed by atoms with Gasteiger partial charge in [0.25, 0.3) is 5.91 Å². The van der Waals surface area contributed by atoms with Crippen molar-refractivity contribution < 1.29 is 14.3 Å². The van der Waals surface area contributed by atoms with Crippen molar-refractivity contribution in [1.82, 2.24) is 10.2 Å². The number of ether oxygens (including phenoxy) is 1. The molecule has 0 radical (unpaired) electrons. The fourth-order valence-electron chi connectivity index (χ4n) is 3.62. The quantitative estimate of drug-likeness (QED) is 0.159. The van der Waals surface area contributed by atoms with E-state index in [0.717, 1.165) is 24.8 Å². The van der Waals surface area contributed by atoms with Gasteiger partial charge in [0.2, 0.25) is 5.91 Å². The highest BCUT2D eigenvalue weighted by Crippen LogP contribution is 2.20. The van der Waals surface area contributed by atoms with Crippen LogP contribution >= 0.6 is 0 Å². The Balaban J connectivity index is 1.97. The molecule has 3 atom stereocenters. The molecule has 0 aliphatic carbocycles. The first-order valence-electron chi connectivity index (χ1n) is 13.1. The molecular formula is C29H42N6O3. The second-order valence-corrected chi connectivity index (χ2v) is 9.31. The Morgan fingerprint density at radius 2 is 1.95 bits per heavy atom. The van der Waals surface area contributed by atoms with Crippen molar-refractivity contribution in [2.45, 2.75) is 53.1 Å². The molecule has 0 bridgehead atoms. The first kappa shape index (κ1) is 30.4. The molecule has 2 amide bonds. The summed E-state index contributed by atoms with van der Waals surface area (Å²) in [6.45, 7) is 8.40. The molecule has 38 heavy (non-hydrogen) atoms. The van der Waals surface area contributed by atoms with Gasteiger partial charge in [0.15, 0.2) is 0 Å². The van der Waals surface area contributed by atoms with Crippen molar-refractivity contribution in [2.24, 2.45) is 23.3 Å². The number of anilines is 1. The zero-order valence-electron chi connectivity index (χ0n) is 22.9. The fourth-order valence-corrected chi connectivity index (χ4v) is 3.62. The van der Waals surface area contributed by atoms with E-state index in [1.54, 1.807) is 25.3 Å². The molecule has 2 rings (SSSR count). The number of unbranched alkanes of at least 4 members (excludes halogenated alkanes) is 1. The average Bonchev–Trinajstić information content (AvgIpc) is 2.93. The summed E-state index contributed by atoms with van der Waals surface area (Å²) < 4.78 is 5.66. The third-order valence-corrected chi connectivity index (χ3v) is 6.34.